The number of carbonyl (C=O) groups is 1. The molecule has 9 nitrogen and oxygen atoms in total. The Morgan fingerprint density at radius 1 is 0.694 bits per heavy atom. The van der Waals surface area contributed by atoms with E-state index < -0.39 is 38.6 Å². The molecule has 0 aliphatic heterocycles. The number of phosphoric ester groups is 1. The average molecular weight is 715 g/mol. The second-order valence-electron chi connectivity index (χ2n) is 13.3. The molecule has 49 heavy (non-hydrogen) atoms. The molecule has 6 N–H and O–H groups in total. The zero-order valence-corrected chi connectivity index (χ0v) is 32.2. The molecular weight excluding hydrogens is 639 g/mol. The highest BCUT2D eigenvalue weighted by molar-refractivity contribution is 7.47. The van der Waals surface area contributed by atoms with Crippen LogP contribution in [0.15, 0.2) is 36.5 Å². The van der Waals surface area contributed by atoms with Crippen LogP contribution in [0.3, 0.4) is 0 Å². The molecule has 288 valence electrons. The smallest absolute Gasteiger partial charge is 0.393 e. The first-order valence-electron chi connectivity index (χ1n) is 19.7. The number of phosphoric acid groups is 1. The second-order valence-corrected chi connectivity index (χ2v) is 14.8. The fourth-order valence-electron chi connectivity index (χ4n) is 5.48. The van der Waals surface area contributed by atoms with Crippen LogP contribution in [-0.4, -0.2) is 59.0 Å². The summed E-state index contributed by atoms with van der Waals surface area (Å²) >= 11 is 0. The van der Waals surface area contributed by atoms with Crippen molar-refractivity contribution >= 4 is 13.7 Å². The van der Waals surface area contributed by atoms with E-state index in [1.165, 1.54) is 89.9 Å². The lowest BCUT2D eigenvalue weighted by molar-refractivity contribution is -0.124. The summed E-state index contributed by atoms with van der Waals surface area (Å²) in [6.45, 7) is 3.89. The molecule has 0 saturated carbocycles. The van der Waals surface area contributed by atoms with E-state index in [4.69, 9.17) is 14.8 Å². The molecule has 0 bridgehead atoms. The summed E-state index contributed by atoms with van der Waals surface area (Å²) in [4.78, 5) is 22.6. The van der Waals surface area contributed by atoms with Gasteiger partial charge in [-0.25, -0.2) is 4.57 Å². The minimum absolute atomic E-state index is 0.0425. The van der Waals surface area contributed by atoms with Crippen LogP contribution in [0.25, 0.3) is 0 Å². The minimum atomic E-state index is -4.40. The van der Waals surface area contributed by atoms with Crippen LogP contribution in [-0.2, 0) is 18.4 Å². The summed E-state index contributed by atoms with van der Waals surface area (Å²) in [5, 5.41) is 23.9. The normalized spacial score (nSPS) is 15.3. The Hall–Kier alpha value is -1.32. The summed E-state index contributed by atoms with van der Waals surface area (Å²) in [5.41, 5.74) is 5.34. The van der Waals surface area contributed by atoms with Gasteiger partial charge in [0.1, 0.15) is 0 Å². The maximum atomic E-state index is 12.7. The third-order valence-corrected chi connectivity index (χ3v) is 9.48. The van der Waals surface area contributed by atoms with Gasteiger partial charge in [-0.05, 0) is 57.8 Å². The Morgan fingerprint density at radius 3 is 1.73 bits per heavy atom. The minimum Gasteiger partial charge on any atom is -0.393 e. The molecule has 0 radical (unpaired) electrons. The van der Waals surface area contributed by atoms with E-state index >= 15 is 0 Å². The number of allylic oxidation sites excluding steroid dienone is 5. The number of nitrogens with two attached hydrogens (primary N) is 1. The van der Waals surface area contributed by atoms with E-state index in [2.05, 4.69) is 43.5 Å². The van der Waals surface area contributed by atoms with E-state index in [1.54, 1.807) is 6.08 Å². The van der Waals surface area contributed by atoms with E-state index in [-0.39, 0.29) is 19.6 Å². The van der Waals surface area contributed by atoms with Crippen molar-refractivity contribution in [3.05, 3.63) is 36.5 Å². The summed E-state index contributed by atoms with van der Waals surface area (Å²) < 4.78 is 22.0. The number of rotatable bonds is 36. The summed E-state index contributed by atoms with van der Waals surface area (Å²) in [6.07, 6.45) is 36.7. The van der Waals surface area contributed by atoms with Gasteiger partial charge < -0.3 is 26.2 Å². The largest absolute Gasteiger partial charge is 0.472 e. The number of carbonyl (C=O) groups excluding carboxylic acids is 1. The van der Waals surface area contributed by atoms with Gasteiger partial charge in [0.05, 0.1) is 37.9 Å². The van der Waals surface area contributed by atoms with Crippen molar-refractivity contribution in [2.75, 3.05) is 19.8 Å². The summed E-state index contributed by atoms with van der Waals surface area (Å²) in [7, 11) is -4.40. The molecule has 0 aromatic carbocycles. The second kappa shape index (κ2) is 35.1. The lowest BCUT2D eigenvalue weighted by atomic mass is 10.0. The Balaban J connectivity index is 4.48. The SMILES string of the molecule is CCCCC/C=C\CCCCCC(O)CC(=O)NC(COP(=O)(O)OCCN)C(O)/C=C/CC/C=C/CCCCCCCCCCCCC. The van der Waals surface area contributed by atoms with Gasteiger partial charge in [-0.2, -0.15) is 0 Å². The van der Waals surface area contributed by atoms with Crippen LogP contribution < -0.4 is 11.1 Å². The molecule has 0 aromatic heterocycles. The predicted molar refractivity (Wildman–Crippen MR) is 204 cm³/mol. The van der Waals surface area contributed by atoms with Gasteiger partial charge >= 0.3 is 7.82 Å². The molecule has 0 aliphatic carbocycles. The molecule has 0 aromatic rings. The van der Waals surface area contributed by atoms with Gasteiger partial charge in [-0.3, -0.25) is 13.8 Å². The van der Waals surface area contributed by atoms with Gasteiger partial charge in [-0.1, -0.05) is 140 Å². The van der Waals surface area contributed by atoms with Crippen LogP contribution in [0.2, 0.25) is 0 Å². The van der Waals surface area contributed by atoms with E-state index in [0.29, 0.717) is 12.8 Å². The first-order valence-corrected chi connectivity index (χ1v) is 21.2. The molecule has 4 atom stereocenters. The number of amides is 1. The van der Waals surface area contributed by atoms with Gasteiger partial charge in [0.15, 0.2) is 0 Å². The third kappa shape index (κ3) is 33.6. The Kier molecular flexibility index (Phi) is 34.2. The zero-order chi connectivity index (χ0) is 36.3. The number of aliphatic hydroxyl groups is 2. The van der Waals surface area contributed by atoms with E-state index in [1.807, 2.05) is 6.08 Å². The van der Waals surface area contributed by atoms with Crippen molar-refractivity contribution in [3.63, 3.8) is 0 Å². The fourth-order valence-corrected chi connectivity index (χ4v) is 6.24. The maximum absolute atomic E-state index is 12.7. The zero-order valence-electron chi connectivity index (χ0n) is 31.3. The monoisotopic (exact) mass is 715 g/mol. The highest BCUT2D eigenvalue weighted by Gasteiger charge is 2.27. The van der Waals surface area contributed by atoms with Crippen molar-refractivity contribution < 1.29 is 33.5 Å². The van der Waals surface area contributed by atoms with Crippen LogP contribution in [0, 0.1) is 0 Å². The average Bonchev–Trinajstić information content (AvgIpc) is 3.07. The quantitative estimate of drug-likeness (QED) is 0.0245. The molecule has 1 amide bonds. The highest BCUT2D eigenvalue weighted by Crippen LogP contribution is 2.43. The topological polar surface area (TPSA) is 151 Å². The van der Waals surface area contributed by atoms with Crippen molar-refractivity contribution in [1.29, 1.82) is 0 Å². The van der Waals surface area contributed by atoms with Crippen LogP contribution in [0.5, 0.6) is 0 Å². The van der Waals surface area contributed by atoms with E-state index in [0.717, 1.165) is 44.9 Å². The summed E-state index contributed by atoms with van der Waals surface area (Å²) in [5.74, 6) is -0.468. The highest BCUT2D eigenvalue weighted by atomic mass is 31.2. The molecule has 10 heteroatoms. The van der Waals surface area contributed by atoms with E-state index in [9.17, 15) is 24.5 Å². The Morgan fingerprint density at radius 2 is 1.16 bits per heavy atom. The Labute approximate surface area is 300 Å². The molecule has 0 rings (SSSR count). The molecule has 0 heterocycles. The lowest BCUT2D eigenvalue weighted by Crippen LogP contribution is -2.46. The first kappa shape index (κ1) is 47.7. The first-order chi connectivity index (χ1) is 23.8. The van der Waals surface area contributed by atoms with Gasteiger partial charge in [0.25, 0.3) is 0 Å². The number of aliphatic hydroxyl groups excluding tert-OH is 2. The van der Waals surface area contributed by atoms with Crippen molar-refractivity contribution in [2.24, 2.45) is 5.73 Å². The maximum Gasteiger partial charge on any atom is 0.472 e. The number of hydrogen-bond acceptors (Lipinski definition) is 7. The lowest BCUT2D eigenvalue weighted by Gasteiger charge is -2.24. The van der Waals surface area contributed by atoms with Crippen LogP contribution in [0.1, 0.15) is 168 Å². The standard InChI is InChI=1S/C39H75N2O7P/c1-3-5-7-9-11-13-15-16-17-18-19-20-21-23-25-27-29-31-38(43)37(35-48-49(45,46)47-33-32-40)41-39(44)34-36(42)30-28-26-24-22-14-12-10-8-6-4-2/h12,14,21,23,29,31,36-38,42-43H,3-11,13,15-20,22,24-28,30,32-35,40H2,1-2H3,(H,41,44)(H,45,46)/b14-12-,23-21+,31-29+. The molecule has 0 aliphatic rings. The van der Waals surface area contributed by atoms with Crippen molar-refractivity contribution in [2.45, 2.75) is 186 Å². The van der Waals surface area contributed by atoms with Gasteiger partial charge in [0, 0.05) is 6.54 Å². The van der Waals surface area contributed by atoms with Gasteiger partial charge in [-0.15, -0.1) is 0 Å². The summed E-state index contributed by atoms with van der Waals surface area (Å²) in [6, 6.07) is -1.00. The molecule has 0 spiro atoms. The van der Waals surface area contributed by atoms with Crippen molar-refractivity contribution in [3.8, 4) is 0 Å². The Bertz CT molecular complexity index is 883. The third-order valence-electron chi connectivity index (χ3n) is 8.49. The molecule has 0 saturated heterocycles. The van der Waals surface area contributed by atoms with Crippen molar-refractivity contribution in [1.82, 2.24) is 5.32 Å². The number of nitrogens with one attached hydrogen (secondary N) is 1. The number of hydrogen-bond donors (Lipinski definition) is 5. The van der Waals surface area contributed by atoms with Crippen LogP contribution in [0.4, 0.5) is 0 Å². The molecule has 4 unspecified atom stereocenters. The van der Waals surface area contributed by atoms with Gasteiger partial charge in [0.2, 0.25) is 5.91 Å². The fraction of sp³-hybridized carbons (Fsp3) is 0.821. The van der Waals surface area contributed by atoms with Crippen LogP contribution >= 0.6 is 7.82 Å². The molecule has 0 fully saturated rings. The number of unbranched alkanes of at least 4 members (excludes halogenated alkanes) is 18. The predicted octanol–water partition coefficient (Wildman–Crippen LogP) is 9.36. The molecular formula is C39H75N2O7P.